The van der Waals surface area contributed by atoms with E-state index in [2.05, 4.69) is 4.99 Å². The molecular formula is C13H15NO2. The molecule has 0 amide bonds. The second-order valence-corrected chi connectivity index (χ2v) is 4.22. The molecule has 0 fully saturated rings. The summed E-state index contributed by atoms with van der Waals surface area (Å²) in [5, 5.41) is 0. The lowest BCUT2D eigenvalue weighted by Gasteiger charge is -2.26. The predicted octanol–water partition coefficient (Wildman–Crippen LogP) is 2.06. The molecule has 0 aliphatic carbocycles. The Balaban J connectivity index is 2.34. The zero-order chi connectivity index (χ0) is 11.5. The van der Waals surface area contributed by atoms with Crippen LogP contribution >= 0.6 is 0 Å². The average Bonchev–Trinajstić information content (AvgIpc) is 2.30. The Labute approximate surface area is 95.2 Å². The summed E-state index contributed by atoms with van der Waals surface area (Å²) >= 11 is 0. The van der Waals surface area contributed by atoms with Crippen LogP contribution in [0.4, 0.5) is 0 Å². The second-order valence-electron chi connectivity index (χ2n) is 4.22. The summed E-state index contributed by atoms with van der Waals surface area (Å²) in [6, 6.07) is 9.88. The van der Waals surface area contributed by atoms with E-state index in [0.717, 1.165) is 11.3 Å². The van der Waals surface area contributed by atoms with Crippen molar-refractivity contribution in [2.24, 2.45) is 10.9 Å². The molecule has 0 saturated carbocycles. The fourth-order valence-electron chi connectivity index (χ4n) is 1.79. The number of cyclic esters (lactones) is 1. The topological polar surface area (TPSA) is 38.7 Å². The zero-order valence-corrected chi connectivity index (χ0v) is 9.51. The molecule has 1 aromatic rings. The number of nitrogens with zero attached hydrogens (tertiary/aromatic N) is 1. The molecule has 3 heteroatoms. The van der Waals surface area contributed by atoms with Crippen molar-refractivity contribution in [1.29, 1.82) is 0 Å². The molecule has 1 aliphatic heterocycles. The minimum atomic E-state index is -0.238. The van der Waals surface area contributed by atoms with Crippen molar-refractivity contribution in [3.8, 4) is 0 Å². The van der Waals surface area contributed by atoms with Crippen molar-refractivity contribution >= 4 is 11.7 Å². The van der Waals surface area contributed by atoms with Crippen LogP contribution in [-0.4, -0.2) is 24.3 Å². The van der Waals surface area contributed by atoms with E-state index >= 15 is 0 Å². The fourth-order valence-corrected chi connectivity index (χ4v) is 1.79. The molecule has 0 spiro atoms. The highest BCUT2D eigenvalue weighted by molar-refractivity contribution is 6.06. The van der Waals surface area contributed by atoms with Gasteiger partial charge >= 0.3 is 5.97 Å². The van der Waals surface area contributed by atoms with Gasteiger partial charge < -0.3 is 4.74 Å². The van der Waals surface area contributed by atoms with E-state index in [4.69, 9.17) is 4.74 Å². The molecule has 0 aromatic heterocycles. The van der Waals surface area contributed by atoms with Crippen LogP contribution in [-0.2, 0) is 9.53 Å². The van der Waals surface area contributed by atoms with E-state index < -0.39 is 0 Å². The molecule has 0 N–H and O–H groups in total. The van der Waals surface area contributed by atoms with Crippen molar-refractivity contribution < 1.29 is 9.53 Å². The maximum absolute atomic E-state index is 11.2. The Morgan fingerprint density at radius 2 is 2.00 bits per heavy atom. The minimum absolute atomic E-state index is 0.132. The number of hydrogen-bond donors (Lipinski definition) is 0. The molecule has 1 atom stereocenters. The molecule has 16 heavy (non-hydrogen) atoms. The van der Waals surface area contributed by atoms with Gasteiger partial charge in [0.1, 0.15) is 12.6 Å². The van der Waals surface area contributed by atoms with Crippen LogP contribution in [0.1, 0.15) is 19.4 Å². The van der Waals surface area contributed by atoms with Crippen molar-refractivity contribution in [3.63, 3.8) is 0 Å². The smallest absolute Gasteiger partial charge is 0.328 e. The van der Waals surface area contributed by atoms with Crippen molar-refractivity contribution in [3.05, 3.63) is 35.9 Å². The van der Waals surface area contributed by atoms with Crippen LogP contribution in [0, 0.1) is 5.92 Å². The third kappa shape index (κ3) is 2.13. The molecule has 1 aliphatic rings. The lowest BCUT2D eigenvalue weighted by atomic mass is 9.96. The average molecular weight is 217 g/mol. The van der Waals surface area contributed by atoms with Crippen LogP contribution < -0.4 is 0 Å². The molecular weight excluding hydrogens is 202 g/mol. The quantitative estimate of drug-likeness (QED) is 0.711. The number of aliphatic imine (C=N–C) groups is 1. The molecule has 0 radical (unpaired) electrons. The first kappa shape index (κ1) is 10.9. The summed E-state index contributed by atoms with van der Waals surface area (Å²) in [6.07, 6.45) is -0.219. The van der Waals surface area contributed by atoms with Gasteiger partial charge in [0.05, 0.1) is 5.71 Å². The molecule has 0 bridgehead atoms. The number of benzene rings is 1. The molecule has 2 rings (SSSR count). The van der Waals surface area contributed by atoms with Gasteiger partial charge in [0.15, 0.2) is 0 Å². The molecule has 1 aromatic carbocycles. The SMILES string of the molecule is CC(C)[C@@H]1OC(=O)CN=C1c1ccccc1. The Morgan fingerprint density at radius 1 is 1.31 bits per heavy atom. The number of esters is 1. The summed E-state index contributed by atoms with van der Waals surface area (Å²) in [7, 11) is 0. The summed E-state index contributed by atoms with van der Waals surface area (Å²) in [5.74, 6) is 0.00147. The normalized spacial score (nSPS) is 20.6. The third-order valence-electron chi connectivity index (χ3n) is 2.58. The highest BCUT2D eigenvalue weighted by Crippen LogP contribution is 2.18. The number of carbonyl (C=O) groups is 1. The number of carbonyl (C=O) groups excluding carboxylic acids is 1. The van der Waals surface area contributed by atoms with E-state index in [9.17, 15) is 4.79 Å². The maximum Gasteiger partial charge on any atom is 0.328 e. The summed E-state index contributed by atoms with van der Waals surface area (Å²) in [6.45, 7) is 4.19. The lowest BCUT2D eigenvalue weighted by Crippen LogP contribution is -2.37. The van der Waals surface area contributed by atoms with E-state index in [0.29, 0.717) is 0 Å². The van der Waals surface area contributed by atoms with Crippen LogP contribution in [0.2, 0.25) is 0 Å². The standard InChI is InChI=1S/C13H15NO2/c1-9(2)13-12(14-8-11(15)16-13)10-6-4-3-5-7-10/h3-7,9,13H,8H2,1-2H3/t13-/m0/s1. The van der Waals surface area contributed by atoms with E-state index in [1.54, 1.807) is 0 Å². The Kier molecular flexibility index (Phi) is 3.04. The van der Waals surface area contributed by atoms with Gasteiger partial charge in [0.25, 0.3) is 0 Å². The van der Waals surface area contributed by atoms with Gasteiger partial charge in [-0.25, -0.2) is 0 Å². The Morgan fingerprint density at radius 3 is 2.62 bits per heavy atom. The van der Waals surface area contributed by atoms with Gasteiger partial charge in [0.2, 0.25) is 0 Å². The third-order valence-corrected chi connectivity index (χ3v) is 2.58. The summed E-state index contributed by atoms with van der Waals surface area (Å²) in [4.78, 5) is 15.6. The first-order valence-electron chi connectivity index (χ1n) is 5.47. The summed E-state index contributed by atoms with van der Waals surface area (Å²) in [5.41, 5.74) is 1.92. The number of hydrogen-bond acceptors (Lipinski definition) is 3. The van der Waals surface area contributed by atoms with E-state index in [-0.39, 0.29) is 24.5 Å². The number of rotatable bonds is 2. The molecule has 84 valence electrons. The highest BCUT2D eigenvalue weighted by Gasteiger charge is 2.28. The van der Waals surface area contributed by atoms with Gasteiger partial charge in [-0.05, 0) is 11.5 Å². The predicted molar refractivity (Wildman–Crippen MR) is 62.6 cm³/mol. The zero-order valence-electron chi connectivity index (χ0n) is 9.51. The molecule has 0 unspecified atom stereocenters. The largest absolute Gasteiger partial charge is 0.454 e. The Hall–Kier alpha value is -1.64. The lowest BCUT2D eigenvalue weighted by molar-refractivity contribution is -0.146. The van der Waals surface area contributed by atoms with Gasteiger partial charge in [-0.15, -0.1) is 0 Å². The van der Waals surface area contributed by atoms with E-state index in [1.807, 2.05) is 44.2 Å². The van der Waals surface area contributed by atoms with Crippen molar-refractivity contribution in [2.45, 2.75) is 20.0 Å². The maximum atomic E-state index is 11.2. The summed E-state index contributed by atoms with van der Waals surface area (Å²) < 4.78 is 5.35. The first-order chi connectivity index (χ1) is 7.68. The minimum Gasteiger partial charge on any atom is -0.454 e. The van der Waals surface area contributed by atoms with Gasteiger partial charge in [-0.1, -0.05) is 44.2 Å². The van der Waals surface area contributed by atoms with Crippen molar-refractivity contribution in [1.82, 2.24) is 0 Å². The molecule has 1 heterocycles. The van der Waals surface area contributed by atoms with Gasteiger partial charge in [0, 0.05) is 0 Å². The highest BCUT2D eigenvalue weighted by atomic mass is 16.5. The second kappa shape index (κ2) is 4.47. The molecule has 3 nitrogen and oxygen atoms in total. The van der Waals surface area contributed by atoms with Crippen LogP contribution in [0.15, 0.2) is 35.3 Å². The van der Waals surface area contributed by atoms with E-state index in [1.165, 1.54) is 0 Å². The monoisotopic (exact) mass is 217 g/mol. The fraction of sp³-hybridized carbons (Fsp3) is 0.385. The van der Waals surface area contributed by atoms with Gasteiger partial charge in [-0.3, -0.25) is 9.79 Å². The first-order valence-corrected chi connectivity index (χ1v) is 5.47. The van der Waals surface area contributed by atoms with Crippen LogP contribution in [0.3, 0.4) is 0 Å². The van der Waals surface area contributed by atoms with Crippen LogP contribution in [0.5, 0.6) is 0 Å². The Bertz CT molecular complexity index is 409. The number of ether oxygens (including phenoxy) is 1. The molecule has 0 saturated heterocycles. The van der Waals surface area contributed by atoms with Crippen molar-refractivity contribution in [2.75, 3.05) is 6.54 Å². The van der Waals surface area contributed by atoms with Gasteiger partial charge in [-0.2, -0.15) is 0 Å². The van der Waals surface area contributed by atoms with Crippen LogP contribution in [0.25, 0.3) is 0 Å².